The van der Waals surface area contributed by atoms with Crippen LogP contribution in [0.15, 0.2) is 18.2 Å². The lowest BCUT2D eigenvalue weighted by Gasteiger charge is -2.27. The minimum atomic E-state index is 0.283. The highest BCUT2D eigenvalue weighted by Gasteiger charge is 2.23. The van der Waals surface area contributed by atoms with Gasteiger partial charge in [-0.15, -0.1) is 0 Å². The molecule has 0 spiro atoms. The average molecular weight is 306 g/mol. The van der Waals surface area contributed by atoms with Crippen molar-refractivity contribution < 1.29 is 9.47 Å². The van der Waals surface area contributed by atoms with Crippen LogP contribution < -0.4 is 15.2 Å². The minimum Gasteiger partial charge on any atom is -0.493 e. The maximum Gasteiger partial charge on any atom is 0.161 e. The van der Waals surface area contributed by atoms with E-state index < -0.39 is 0 Å². The van der Waals surface area contributed by atoms with Crippen molar-refractivity contribution in [3.63, 3.8) is 0 Å². The molecule has 1 unspecified atom stereocenters. The molecule has 1 aliphatic heterocycles. The first-order valence-corrected chi connectivity index (χ1v) is 8.55. The maximum atomic E-state index is 6.01. The van der Waals surface area contributed by atoms with E-state index in [2.05, 4.69) is 24.0 Å². The molecule has 1 aliphatic rings. The summed E-state index contributed by atoms with van der Waals surface area (Å²) in [6, 6.07) is 6.53. The highest BCUT2D eigenvalue weighted by atomic mass is 16.5. The van der Waals surface area contributed by atoms with Crippen LogP contribution >= 0.6 is 0 Å². The van der Waals surface area contributed by atoms with Gasteiger partial charge < -0.3 is 15.2 Å². The molecule has 2 N–H and O–H groups in total. The summed E-state index contributed by atoms with van der Waals surface area (Å²) in [7, 11) is 1.70. The summed E-state index contributed by atoms with van der Waals surface area (Å²) in [5.41, 5.74) is 7.24. The number of hydrogen-bond acceptors (Lipinski definition) is 4. The largest absolute Gasteiger partial charge is 0.493 e. The van der Waals surface area contributed by atoms with Crippen molar-refractivity contribution in [1.82, 2.24) is 4.90 Å². The van der Waals surface area contributed by atoms with E-state index in [0.717, 1.165) is 37.6 Å². The molecule has 2 rings (SSSR count). The van der Waals surface area contributed by atoms with Crippen LogP contribution in [0.3, 0.4) is 0 Å². The monoisotopic (exact) mass is 306 g/mol. The Balaban J connectivity index is 2.06. The molecular weight excluding hydrogens is 276 g/mol. The quantitative estimate of drug-likeness (QED) is 0.711. The van der Waals surface area contributed by atoms with Gasteiger partial charge in [-0.2, -0.15) is 0 Å². The summed E-state index contributed by atoms with van der Waals surface area (Å²) in [4.78, 5) is 2.47. The molecule has 0 aromatic heterocycles. The lowest BCUT2D eigenvalue weighted by molar-refractivity contribution is 0.249. The Kier molecular flexibility index (Phi) is 7.00. The third-order valence-electron chi connectivity index (χ3n) is 4.38. The van der Waals surface area contributed by atoms with E-state index in [1.165, 1.54) is 31.2 Å². The van der Waals surface area contributed by atoms with Crippen LogP contribution in [0.2, 0.25) is 0 Å². The van der Waals surface area contributed by atoms with Crippen molar-refractivity contribution in [3.05, 3.63) is 23.8 Å². The van der Waals surface area contributed by atoms with Gasteiger partial charge in [0.2, 0.25) is 0 Å². The van der Waals surface area contributed by atoms with Gasteiger partial charge in [0, 0.05) is 12.6 Å². The molecule has 0 saturated carbocycles. The number of rotatable bonds is 9. The second-order valence-electron chi connectivity index (χ2n) is 5.96. The van der Waals surface area contributed by atoms with Crippen LogP contribution in [0.5, 0.6) is 11.5 Å². The van der Waals surface area contributed by atoms with Crippen LogP contribution in [0.1, 0.15) is 50.6 Å². The van der Waals surface area contributed by atoms with E-state index in [0.29, 0.717) is 6.54 Å². The first kappa shape index (κ1) is 17.1. The molecule has 0 bridgehead atoms. The van der Waals surface area contributed by atoms with Gasteiger partial charge in [0.25, 0.3) is 0 Å². The molecule has 0 aliphatic carbocycles. The van der Waals surface area contributed by atoms with Crippen LogP contribution in [0, 0.1) is 0 Å². The van der Waals surface area contributed by atoms with Crippen molar-refractivity contribution in [1.29, 1.82) is 0 Å². The van der Waals surface area contributed by atoms with E-state index in [-0.39, 0.29) is 6.04 Å². The summed E-state index contributed by atoms with van der Waals surface area (Å²) in [5, 5.41) is 0. The Morgan fingerprint density at radius 1 is 1.18 bits per heavy atom. The fourth-order valence-corrected chi connectivity index (χ4v) is 3.09. The standard InChI is InChI=1S/C18H30N2O2/c1-3-4-7-12-22-17-9-8-15(13-18(17)21-2)16(14-19)20-10-5-6-11-20/h8-9,13,16H,3-7,10-12,14,19H2,1-2H3. The molecule has 1 aromatic carbocycles. The topological polar surface area (TPSA) is 47.7 Å². The van der Waals surface area contributed by atoms with Crippen molar-refractivity contribution in [2.75, 3.05) is 33.4 Å². The van der Waals surface area contributed by atoms with E-state index in [4.69, 9.17) is 15.2 Å². The lowest BCUT2D eigenvalue weighted by Crippen LogP contribution is -2.31. The van der Waals surface area contributed by atoms with Gasteiger partial charge in [0.1, 0.15) is 0 Å². The highest BCUT2D eigenvalue weighted by molar-refractivity contribution is 5.44. The van der Waals surface area contributed by atoms with Gasteiger partial charge in [0.15, 0.2) is 11.5 Å². The number of nitrogens with zero attached hydrogens (tertiary/aromatic N) is 1. The van der Waals surface area contributed by atoms with Gasteiger partial charge in [0.05, 0.1) is 13.7 Å². The first-order valence-electron chi connectivity index (χ1n) is 8.55. The van der Waals surface area contributed by atoms with Gasteiger partial charge in [-0.05, 0) is 50.0 Å². The van der Waals surface area contributed by atoms with Crippen LogP contribution in [-0.2, 0) is 0 Å². The number of methoxy groups -OCH3 is 1. The number of unbranched alkanes of at least 4 members (excludes halogenated alkanes) is 2. The Labute approximate surface area is 134 Å². The molecule has 1 fully saturated rings. The number of ether oxygens (including phenoxy) is 2. The predicted molar refractivity (Wildman–Crippen MR) is 90.6 cm³/mol. The zero-order valence-electron chi connectivity index (χ0n) is 14.0. The van der Waals surface area contributed by atoms with E-state index in [9.17, 15) is 0 Å². The number of nitrogens with two attached hydrogens (primary N) is 1. The first-order chi connectivity index (χ1) is 10.8. The normalized spacial score (nSPS) is 16.7. The van der Waals surface area contributed by atoms with E-state index in [1.54, 1.807) is 7.11 Å². The summed E-state index contributed by atoms with van der Waals surface area (Å²) in [6.07, 6.45) is 6.02. The third kappa shape index (κ3) is 4.37. The van der Waals surface area contributed by atoms with Crippen LogP contribution in [0.25, 0.3) is 0 Å². The second-order valence-corrected chi connectivity index (χ2v) is 5.96. The van der Waals surface area contributed by atoms with Gasteiger partial charge >= 0.3 is 0 Å². The molecule has 4 nitrogen and oxygen atoms in total. The van der Waals surface area contributed by atoms with Crippen molar-refractivity contribution in [2.24, 2.45) is 5.73 Å². The average Bonchev–Trinajstić information content (AvgIpc) is 3.07. The summed E-state index contributed by atoms with van der Waals surface area (Å²) in [6.45, 7) is 5.86. The van der Waals surface area contributed by atoms with Gasteiger partial charge in [-0.25, -0.2) is 0 Å². The van der Waals surface area contributed by atoms with Gasteiger partial charge in [-0.3, -0.25) is 4.90 Å². The third-order valence-corrected chi connectivity index (χ3v) is 4.38. The SMILES string of the molecule is CCCCCOc1ccc(C(CN)N2CCCC2)cc1OC. The molecule has 0 radical (unpaired) electrons. The molecule has 1 heterocycles. The Morgan fingerprint density at radius 3 is 2.59 bits per heavy atom. The second kappa shape index (κ2) is 9.01. The summed E-state index contributed by atoms with van der Waals surface area (Å²) in [5.74, 6) is 1.64. The van der Waals surface area contributed by atoms with Crippen LogP contribution in [-0.4, -0.2) is 38.3 Å². The van der Waals surface area contributed by atoms with Crippen molar-refractivity contribution >= 4 is 0 Å². The predicted octanol–water partition coefficient (Wildman–Crippen LogP) is 3.36. The number of likely N-dealkylation sites (tertiary alicyclic amines) is 1. The fraction of sp³-hybridized carbons (Fsp3) is 0.667. The minimum absolute atomic E-state index is 0.283. The Morgan fingerprint density at radius 2 is 1.95 bits per heavy atom. The zero-order valence-corrected chi connectivity index (χ0v) is 14.0. The molecule has 1 saturated heterocycles. The van der Waals surface area contributed by atoms with E-state index in [1.807, 2.05) is 6.07 Å². The summed E-state index contributed by atoms with van der Waals surface area (Å²) >= 11 is 0. The molecular formula is C18H30N2O2. The van der Waals surface area contributed by atoms with Crippen LogP contribution in [0.4, 0.5) is 0 Å². The zero-order chi connectivity index (χ0) is 15.8. The van der Waals surface area contributed by atoms with Gasteiger partial charge in [-0.1, -0.05) is 25.8 Å². The Bertz CT molecular complexity index is 445. The maximum absolute atomic E-state index is 6.01. The fourth-order valence-electron chi connectivity index (χ4n) is 3.09. The highest BCUT2D eigenvalue weighted by Crippen LogP contribution is 2.33. The van der Waals surface area contributed by atoms with E-state index >= 15 is 0 Å². The summed E-state index contributed by atoms with van der Waals surface area (Å²) < 4.78 is 11.4. The molecule has 1 aromatic rings. The lowest BCUT2D eigenvalue weighted by atomic mass is 10.0. The Hall–Kier alpha value is -1.26. The molecule has 0 amide bonds. The molecule has 22 heavy (non-hydrogen) atoms. The van der Waals surface area contributed by atoms with Crippen molar-refractivity contribution in [3.8, 4) is 11.5 Å². The smallest absolute Gasteiger partial charge is 0.161 e. The molecule has 4 heteroatoms. The van der Waals surface area contributed by atoms with Crippen molar-refractivity contribution in [2.45, 2.75) is 45.1 Å². The number of benzene rings is 1. The number of hydrogen-bond donors (Lipinski definition) is 1. The molecule has 1 atom stereocenters. The molecule has 124 valence electrons.